The molecule has 1 aromatic carbocycles. The molecule has 2 rings (SSSR count). The minimum Gasteiger partial charge on any atom is -0.330 e. The molecule has 0 unspecified atom stereocenters. The van der Waals surface area contributed by atoms with Crippen LogP contribution in [0, 0.1) is 5.41 Å². The molecule has 0 aliphatic carbocycles. The Kier molecular flexibility index (Phi) is 5.30. The molecule has 21 heavy (non-hydrogen) atoms. The van der Waals surface area contributed by atoms with Gasteiger partial charge in [-0.05, 0) is 31.1 Å². The van der Waals surface area contributed by atoms with Gasteiger partial charge < -0.3 is 10.6 Å². The monoisotopic (exact) mass is 307 g/mol. The fourth-order valence-corrected chi connectivity index (χ4v) is 3.59. The Hall–Kier alpha value is -1.04. The summed E-state index contributed by atoms with van der Waals surface area (Å²) in [7, 11) is 1.99. The Labute approximate surface area is 131 Å². The maximum atomic E-state index is 12.6. The summed E-state index contributed by atoms with van der Waals surface area (Å²) in [5.74, 6) is 1.12. The highest BCUT2D eigenvalue weighted by atomic mass is 32.2. The Bertz CT molecular complexity index is 504. The van der Waals surface area contributed by atoms with Crippen LogP contribution in [-0.4, -0.2) is 49.8 Å². The second kappa shape index (κ2) is 6.81. The number of anilines is 1. The summed E-state index contributed by atoms with van der Waals surface area (Å²) in [5.41, 5.74) is 6.85. The molecule has 0 radical (unpaired) electrons. The number of rotatable bonds is 5. The molecule has 2 N–H and O–H groups in total. The third-order valence-electron chi connectivity index (χ3n) is 3.69. The van der Waals surface area contributed by atoms with E-state index in [2.05, 4.69) is 24.8 Å². The van der Waals surface area contributed by atoms with Crippen molar-refractivity contribution in [1.82, 2.24) is 4.90 Å². The predicted molar refractivity (Wildman–Crippen MR) is 89.9 cm³/mol. The standard InChI is InChI=1S/C16H25N3OS/c1-16(2,11-17)12-18(3)10-15(20)19-8-9-21-14-7-5-4-6-13(14)19/h4-7H,8-12,17H2,1-3H3. The highest BCUT2D eigenvalue weighted by Crippen LogP contribution is 2.34. The quantitative estimate of drug-likeness (QED) is 0.904. The number of hydrogen-bond donors (Lipinski definition) is 1. The lowest BCUT2D eigenvalue weighted by Gasteiger charge is -2.32. The van der Waals surface area contributed by atoms with Crippen molar-refractivity contribution < 1.29 is 4.79 Å². The molecular weight excluding hydrogens is 282 g/mol. The maximum absolute atomic E-state index is 12.6. The number of hydrogen-bond acceptors (Lipinski definition) is 4. The lowest BCUT2D eigenvalue weighted by molar-refractivity contribution is -0.119. The van der Waals surface area contributed by atoms with Crippen molar-refractivity contribution in [3.63, 3.8) is 0 Å². The zero-order valence-corrected chi connectivity index (χ0v) is 13.9. The number of carbonyl (C=O) groups excluding carboxylic acids is 1. The zero-order chi connectivity index (χ0) is 15.5. The van der Waals surface area contributed by atoms with Gasteiger partial charge >= 0.3 is 0 Å². The van der Waals surface area contributed by atoms with Gasteiger partial charge in [0.05, 0.1) is 12.2 Å². The van der Waals surface area contributed by atoms with Crippen molar-refractivity contribution in [3.05, 3.63) is 24.3 Å². The van der Waals surface area contributed by atoms with Crippen LogP contribution in [0.25, 0.3) is 0 Å². The first kappa shape index (κ1) is 16.3. The average molecular weight is 307 g/mol. The molecule has 0 saturated carbocycles. The summed E-state index contributed by atoms with van der Waals surface area (Å²) in [4.78, 5) is 17.8. The van der Waals surface area contributed by atoms with Crippen LogP contribution in [0.2, 0.25) is 0 Å². The molecule has 0 fully saturated rings. The summed E-state index contributed by atoms with van der Waals surface area (Å²) in [6.45, 7) is 6.91. The molecule has 0 atom stereocenters. The third kappa shape index (κ3) is 4.22. The Morgan fingerprint density at radius 1 is 1.43 bits per heavy atom. The van der Waals surface area contributed by atoms with E-state index in [0.717, 1.165) is 24.5 Å². The van der Waals surface area contributed by atoms with Gasteiger partial charge in [0.1, 0.15) is 0 Å². The molecule has 1 aliphatic rings. The fraction of sp³-hybridized carbons (Fsp3) is 0.562. The van der Waals surface area contributed by atoms with Crippen LogP contribution in [0.4, 0.5) is 5.69 Å². The van der Waals surface area contributed by atoms with Gasteiger partial charge in [0.2, 0.25) is 5.91 Å². The summed E-state index contributed by atoms with van der Waals surface area (Å²) >= 11 is 1.82. The molecule has 5 heteroatoms. The van der Waals surface area contributed by atoms with E-state index in [9.17, 15) is 4.79 Å². The Morgan fingerprint density at radius 3 is 2.86 bits per heavy atom. The second-order valence-corrected chi connectivity index (χ2v) is 7.54. The number of nitrogens with two attached hydrogens (primary N) is 1. The van der Waals surface area contributed by atoms with Crippen molar-refractivity contribution in [1.29, 1.82) is 0 Å². The molecule has 116 valence electrons. The van der Waals surface area contributed by atoms with Crippen LogP contribution in [0.3, 0.4) is 0 Å². The number of benzene rings is 1. The SMILES string of the molecule is CN(CC(=O)N1CCSc2ccccc21)CC(C)(C)CN. The molecule has 0 bridgehead atoms. The minimum absolute atomic E-state index is 0.0324. The van der Waals surface area contributed by atoms with E-state index >= 15 is 0 Å². The highest BCUT2D eigenvalue weighted by molar-refractivity contribution is 7.99. The summed E-state index contributed by atoms with van der Waals surface area (Å²) in [5, 5.41) is 0. The smallest absolute Gasteiger partial charge is 0.241 e. The number of thioether (sulfide) groups is 1. The molecule has 4 nitrogen and oxygen atoms in total. The first-order valence-electron chi connectivity index (χ1n) is 7.34. The van der Waals surface area contributed by atoms with E-state index in [4.69, 9.17) is 5.73 Å². The van der Waals surface area contributed by atoms with Gasteiger partial charge in [0.15, 0.2) is 0 Å². The Balaban J connectivity index is 2.02. The molecule has 1 heterocycles. The van der Waals surface area contributed by atoms with Crippen LogP contribution in [0.15, 0.2) is 29.2 Å². The second-order valence-electron chi connectivity index (χ2n) is 6.40. The van der Waals surface area contributed by atoms with Crippen LogP contribution in [0.5, 0.6) is 0 Å². The maximum Gasteiger partial charge on any atom is 0.241 e. The fourth-order valence-electron chi connectivity index (χ4n) is 2.60. The minimum atomic E-state index is 0.0324. The van der Waals surface area contributed by atoms with Gasteiger partial charge in [0, 0.05) is 23.7 Å². The van der Waals surface area contributed by atoms with Crippen LogP contribution >= 0.6 is 11.8 Å². The number of para-hydroxylation sites is 1. The lowest BCUT2D eigenvalue weighted by Crippen LogP contribution is -2.45. The number of amides is 1. The van der Waals surface area contributed by atoms with Crippen LogP contribution in [0.1, 0.15) is 13.8 Å². The first-order valence-corrected chi connectivity index (χ1v) is 8.32. The molecule has 1 amide bonds. The van der Waals surface area contributed by atoms with E-state index in [0.29, 0.717) is 13.1 Å². The van der Waals surface area contributed by atoms with Gasteiger partial charge in [-0.3, -0.25) is 9.69 Å². The largest absolute Gasteiger partial charge is 0.330 e. The van der Waals surface area contributed by atoms with Crippen LogP contribution in [-0.2, 0) is 4.79 Å². The molecule has 1 aromatic rings. The number of nitrogens with zero attached hydrogens (tertiary/aromatic N) is 2. The summed E-state index contributed by atoms with van der Waals surface area (Å²) in [6.07, 6.45) is 0. The van der Waals surface area contributed by atoms with Crippen molar-refractivity contribution in [3.8, 4) is 0 Å². The third-order valence-corrected chi connectivity index (χ3v) is 4.73. The molecule has 0 aromatic heterocycles. The number of likely N-dealkylation sites (N-methyl/N-ethyl adjacent to an activating group) is 1. The van der Waals surface area contributed by atoms with Crippen molar-refractivity contribution in [2.45, 2.75) is 18.7 Å². The van der Waals surface area contributed by atoms with E-state index in [1.165, 1.54) is 4.90 Å². The highest BCUT2D eigenvalue weighted by Gasteiger charge is 2.25. The van der Waals surface area contributed by atoms with Gasteiger partial charge in [-0.25, -0.2) is 0 Å². The van der Waals surface area contributed by atoms with Gasteiger partial charge in [-0.2, -0.15) is 0 Å². The van der Waals surface area contributed by atoms with E-state index in [1.54, 1.807) is 0 Å². The van der Waals surface area contributed by atoms with Crippen molar-refractivity contribution in [2.75, 3.05) is 43.9 Å². The molecule has 1 aliphatic heterocycles. The number of fused-ring (bicyclic) bond motifs is 1. The first-order chi connectivity index (χ1) is 9.93. The average Bonchev–Trinajstić information content (AvgIpc) is 2.46. The van der Waals surface area contributed by atoms with E-state index in [1.807, 2.05) is 41.9 Å². The molecule has 0 saturated heterocycles. The molecular formula is C16H25N3OS. The zero-order valence-electron chi connectivity index (χ0n) is 13.1. The Morgan fingerprint density at radius 2 is 2.14 bits per heavy atom. The predicted octanol–water partition coefficient (Wildman–Crippen LogP) is 2.04. The van der Waals surface area contributed by atoms with E-state index in [-0.39, 0.29) is 11.3 Å². The van der Waals surface area contributed by atoms with Gasteiger partial charge in [0.25, 0.3) is 0 Å². The van der Waals surface area contributed by atoms with E-state index < -0.39 is 0 Å². The number of carbonyl (C=O) groups is 1. The summed E-state index contributed by atoms with van der Waals surface area (Å²) in [6, 6.07) is 8.13. The van der Waals surface area contributed by atoms with Crippen LogP contribution < -0.4 is 10.6 Å². The molecule has 0 spiro atoms. The van der Waals surface area contributed by atoms with Gasteiger partial charge in [-0.15, -0.1) is 11.8 Å². The topological polar surface area (TPSA) is 49.6 Å². The van der Waals surface area contributed by atoms with Crippen molar-refractivity contribution >= 4 is 23.4 Å². The normalized spacial score (nSPS) is 15.2. The van der Waals surface area contributed by atoms with Gasteiger partial charge in [-0.1, -0.05) is 26.0 Å². The summed E-state index contributed by atoms with van der Waals surface area (Å²) < 4.78 is 0. The van der Waals surface area contributed by atoms with Crippen molar-refractivity contribution in [2.24, 2.45) is 11.1 Å². The lowest BCUT2D eigenvalue weighted by atomic mass is 9.93.